The lowest BCUT2D eigenvalue weighted by atomic mass is 9.89. The van der Waals surface area contributed by atoms with E-state index in [4.69, 9.17) is 4.98 Å². The molecule has 1 aliphatic heterocycles. The molecule has 0 spiro atoms. The molecule has 5 rings (SSSR count). The molecule has 0 saturated carbocycles. The van der Waals surface area contributed by atoms with E-state index in [1.165, 1.54) is 27.6 Å². The lowest BCUT2D eigenvalue weighted by molar-refractivity contribution is 0.370. The van der Waals surface area contributed by atoms with Crippen molar-refractivity contribution in [2.45, 2.75) is 26.3 Å². The number of aromatic nitrogens is 5. The van der Waals surface area contributed by atoms with Crippen LogP contribution in [0, 0.1) is 12.7 Å². The molecule has 1 atom stereocenters. The third kappa shape index (κ3) is 5.16. The van der Waals surface area contributed by atoms with Crippen molar-refractivity contribution in [3.05, 3.63) is 83.3 Å². The zero-order chi connectivity index (χ0) is 26.2. The fourth-order valence-corrected chi connectivity index (χ4v) is 5.19. The average Bonchev–Trinajstić information content (AvgIpc) is 3.29. The molecule has 37 heavy (non-hydrogen) atoms. The summed E-state index contributed by atoms with van der Waals surface area (Å²) in [5.41, 5.74) is 3.14. The van der Waals surface area contributed by atoms with Gasteiger partial charge in [-0.05, 0) is 37.6 Å². The van der Waals surface area contributed by atoms with Crippen molar-refractivity contribution >= 4 is 27.5 Å². The first-order chi connectivity index (χ1) is 17.7. The van der Waals surface area contributed by atoms with Gasteiger partial charge in [-0.2, -0.15) is 14.4 Å². The van der Waals surface area contributed by atoms with Gasteiger partial charge in [-0.25, -0.2) is 27.5 Å². The average molecular weight is 523 g/mol. The number of sulfonamides is 1. The van der Waals surface area contributed by atoms with Crippen LogP contribution in [0.3, 0.4) is 0 Å². The Morgan fingerprint density at radius 3 is 2.57 bits per heavy atom. The Balaban J connectivity index is 1.55. The zero-order valence-electron chi connectivity index (χ0n) is 20.7. The number of benzene rings is 2. The first kappa shape index (κ1) is 24.8. The quantitative estimate of drug-likeness (QED) is 0.378. The lowest BCUT2D eigenvalue weighted by Gasteiger charge is -2.33. The van der Waals surface area contributed by atoms with Gasteiger partial charge < -0.3 is 10.6 Å². The van der Waals surface area contributed by atoms with Crippen LogP contribution in [0.2, 0.25) is 0 Å². The number of aryl methyl sites for hydroxylation is 1. The minimum absolute atomic E-state index is 0.167. The summed E-state index contributed by atoms with van der Waals surface area (Å²) in [6, 6.07) is 14.3. The minimum Gasteiger partial charge on any atom is -0.370 e. The maximum atomic E-state index is 14.9. The van der Waals surface area contributed by atoms with Crippen LogP contribution in [0.5, 0.6) is 0 Å². The van der Waals surface area contributed by atoms with Gasteiger partial charge in [-0.1, -0.05) is 30.3 Å². The van der Waals surface area contributed by atoms with Crippen molar-refractivity contribution < 1.29 is 12.8 Å². The van der Waals surface area contributed by atoms with Gasteiger partial charge in [-0.3, -0.25) is 0 Å². The van der Waals surface area contributed by atoms with Crippen LogP contribution in [-0.4, -0.2) is 56.8 Å². The summed E-state index contributed by atoms with van der Waals surface area (Å²) in [4.78, 5) is 13.5. The Morgan fingerprint density at radius 1 is 1.14 bits per heavy atom. The van der Waals surface area contributed by atoms with Crippen molar-refractivity contribution in [3.8, 4) is 5.69 Å². The number of halogens is 1. The fourth-order valence-electron chi connectivity index (χ4n) is 4.41. The summed E-state index contributed by atoms with van der Waals surface area (Å²) >= 11 is 0. The summed E-state index contributed by atoms with van der Waals surface area (Å²) in [5.74, 6) is 0.593. The summed E-state index contributed by atoms with van der Waals surface area (Å²) in [6.45, 7) is 4.68. The minimum atomic E-state index is -3.45. The molecule has 2 N–H and O–H groups in total. The molecule has 0 saturated heterocycles. The highest BCUT2D eigenvalue weighted by Gasteiger charge is 2.34. The van der Waals surface area contributed by atoms with E-state index in [1.807, 2.05) is 37.3 Å². The summed E-state index contributed by atoms with van der Waals surface area (Å²) in [5, 5.41) is 10.5. The largest absolute Gasteiger partial charge is 0.370 e. The molecule has 0 radical (unpaired) electrons. The number of nitrogens with one attached hydrogen (secondary N) is 2. The zero-order valence-corrected chi connectivity index (χ0v) is 21.5. The second-order valence-corrected chi connectivity index (χ2v) is 10.8. The standard InChI is InChI=1S/C25H27FN8O2S/c1-4-27-24-20-14-33(37(3,35)36)13-19(17-8-6-5-7-9-17)23(20)30-25(31-24)29-18-10-11-22(21(26)12-18)34-15-28-16(2)32-34/h5-12,15,19H,4,13-14H2,1-3H3,(H2,27,29,30,31). The molecule has 0 aliphatic carbocycles. The van der Waals surface area contributed by atoms with Gasteiger partial charge in [0.05, 0.1) is 11.9 Å². The predicted octanol–water partition coefficient (Wildman–Crippen LogP) is 3.59. The molecule has 192 valence electrons. The van der Waals surface area contributed by atoms with Crippen LogP contribution >= 0.6 is 0 Å². The van der Waals surface area contributed by atoms with Crippen molar-refractivity contribution in [2.24, 2.45) is 0 Å². The molecule has 3 heterocycles. The highest BCUT2D eigenvalue weighted by atomic mass is 32.2. The van der Waals surface area contributed by atoms with E-state index in [0.29, 0.717) is 23.9 Å². The molecule has 0 fully saturated rings. The molecule has 1 unspecified atom stereocenters. The number of nitrogens with zero attached hydrogens (tertiary/aromatic N) is 6. The van der Waals surface area contributed by atoms with Crippen LogP contribution in [0.25, 0.3) is 5.69 Å². The Bertz CT molecular complexity index is 1540. The Morgan fingerprint density at radius 2 is 1.92 bits per heavy atom. The predicted molar refractivity (Wildman–Crippen MR) is 139 cm³/mol. The fraction of sp³-hybridized carbons (Fsp3) is 0.280. The maximum absolute atomic E-state index is 14.9. The molecule has 2 aromatic carbocycles. The number of fused-ring (bicyclic) bond motifs is 1. The molecule has 2 aromatic heterocycles. The van der Waals surface area contributed by atoms with Crippen LogP contribution in [0.4, 0.5) is 21.8 Å². The Kier molecular flexibility index (Phi) is 6.61. The van der Waals surface area contributed by atoms with E-state index in [9.17, 15) is 12.8 Å². The van der Waals surface area contributed by atoms with Gasteiger partial charge in [0, 0.05) is 36.8 Å². The topological polar surface area (TPSA) is 118 Å². The van der Waals surface area contributed by atoms with Crippen molar-refractivity contribution in [2.75, 3.05) is 30.0 Å². The third-order valence-electron chi connectivity index (χ3n) is 6.16. The number of hydrogen-bond donors (Lipinski definition) is 2. The number of rotatable bonds is 7. The van der Waals surface area contributed by atoms with E-state index in [2.05, 4.69) is 25.7 Å². The van der Waals surface area contributed by atoms with Crippen LogP contribution in [0.15, 0.2) is 54.9 Å². The van der Waals surface area contributed by atoms with Gasteiger partial charge in [0.15, 0.2) is 5.82 Å². The van der Waals surface area contributed by atoms with Gasteiger partial charge >= 0.3 is 0 Å². The normalized spacial score (nSPS) is 15.8. The number of anilines is 3. The molecule has 1 aliphatic rings. The van der Waals surface area contributed by atoms with Crippen molar-refractivity contribution in [1.82, 2.24) is 29.0 Å². The van der Waals surface area contributed by atoms with Gasteiger partial charge in [-0.15, -0.1) is 0 Å². The van der Waals surface area contributed by atoms with Gasteiger partial charge in [0.25, 0.3) is 0 Å². The molecule has 0 bridgehead atoms. The van der Waals surface area contributed by atoms with Crippen molar-refractivity contribution in [1.29, 1.82) is 0 Å². The van der Waals surface area contributed by atoms with Crippen molar-refractivity contribution in [3.63, 3.8) is 0 Å². The Hall–Kier alpha value is -3.90. The molecular formula is C25H27FN8O2S. The van der Waals surface area contributed by atoms with E-state index in [-0.39, 0.29) is 30.6 Å². The summed E-state index contributed by atoms with van der Waals surface area (Å²) in [7, 11) is -3.45. The molecule has 4 aromatic rings. The molecular weight excluding hydrogens is 495 g/mol. The first-order valence-corrected chi connectivity index (χ1v) is 13.7. The van der Waals surface area contributed by atoms with Crippen LogP contribution in [-0.2, 0) is 16.6 Å². The van der Waals surface area contributed by atoms with E-state index in [1.54, 1.807) is 19.1 Å². The summed E-state index contributed by atoms with van der Waals surface area (Å²) in [6.07, 6.45) is 2.67. The highest BCUT2D eigenvalue weighted by molar-refractivity contribution is 7.88. The number of hydrogen-bond acceptors (Lipinski definition) is 8. The van der Waals surface area contributed by atoms with E-state index >= 15 is 0 Å². The van der Waals surface area contributed by atoms with Gasteiger partial charge in [0.2, 0.25) is 16.0 Å². The van der Waals surface area contributed by atoms with E-state index in [0.717, 1.165) is 16.8 Å². The third-order valence-corrected chi connectivity index (χ3v) is 7.38. The molecule has 12 heteroatoms. The molecule has 0 amide bonds. The highest BCUT2D eigenvalue weighted by Crippen LogP contribution is 2.37. The van der Waals surface area contributed by atoms with Crippen LogP contribution in [0.1, 0.15) is 35.5 Å². The Labute approximate surface area is 214 Å². The monoisotopic (exact) mass is 522 g/mol. The lowest BCUT2D eigenvalue weighted by Crippen LogP contribution is -2.39. The SMILES string of the molecule is CCNc1nc(Nc2ccc(-n3cnc(C)n3)c(F)c2)nc2c1CN(S(C)(=O)=O)CC2c1ccccc1. The molecule has 10 nitrogen and oxygen atoms in total. The van der Waals surface area contributed by atoms with Gasteiger partial charge in [0.1, 0.15) is 23.7 Å². The van der Waals surface area contributed by atoms with E-state index < -0.39 is 15.8 Å². The van der Waals surface area contributed by atoms with Crippen LogP contribution < -0.4 is 10.6 Å². The maximum Gasteiger partial charge on any atom is 0.229 e. The smallest absolute Gasteiger partial charge is 0.229 e. The first-order valence-electron chi connectivity index (χ1n) is 11.8. The summed E-state index contributed by atoms with van der Waals surface area (Å²) < 4.78 is 42.8. The second kappa shape index (κ2) is 9.87. The second-order valence-electron chi connectivity index (χ2n) is 8.84.